The van der Waals surface area contributed by atoms with Gasteiger partial charge in [0, 0.05) is 0 Å². The summed E-state index contributed by atoms with van der Waals surface area (Å²) in [6.45, 7) is -0.526. The molecule has 1 fully saturated rings. The van der Waals surface area contributed by atoms with E-state index in [0.717, 1.165) is 0 Å². The molecular weight excluding hydrogens is 169 g/mol. The maximum atomic E-state index is 9.12. The van der Waals surface area contributed by atoms with Crippen LogP contribution in [-0.4, -0.2) is 62.8 Å². The molecule has 0 aromatic heterocycles. The summed E-state index contributed by atoms with van der Waals surface area (Å²) in [5.41, 5.74) is 0. The zero-order chi connectivity index (χ0) is 9.30. The van der Waals surface area contributed by atoms with Crippen LogP contribution in [0.15, 0.2) is 0 Å². The Labute approximate surface area is 68.6 Å². The minimum absolute atomic E-state index is 0.526. The van der Waals surface area contributed by atoms with Gasteiger partial charge in [-0.2, -0.15) is 0 Å². The predicted molar refractivity (Wildman–Crippen MR) is 36.0 cm³/mol. The van der Waals surface area contributed by atoms with Crippen LogP contribution in [0.1, 0.15) is 0 Å². The Balaban J connectivity index is 2.63. The third kappa shape index (κ3) is 1.58. The van der Waals surface area contributed by atoms with E-state index in [1.807, 2.05) is 0 Å². The molecule has 1 aliphatic rings. The first-order valence-corrected chi connectivity index (χ1v) is 3.56. The quantitative estimate of drug-likeness (QED) is 0.272. The molecule has 0 bridgehead atoms. The number of ether oxygens (including phenoxy) is 1. The van der Waals surface area contributed by atoms with Gasteiger partial charge in [0.05, 0.1) is 6.61 Å². The minimum atomic E-state index is -1.57. The summed E-state index contributed by atoms with van der Waals surface area (Å²) in [4.78, 5) is 0. The van der Waals surface area contributed by atoms with Crippen molar-refractivity contribution >= 4 is 0 Å². The number of aliphatic hydroxyl groups is 5. The van der Waals surface area contributed by atoms with Crippen LogP contribution in [0.2, 0.25) is 0 Å². The van der Waals surface area contributed by atoms with Gasteiger partial charge >= 0.3 is 0 Å². The van der Waals surface area contributed by atoms with Crippen LogP contribution in [0.5, 0.6) is 0 Å². The highest BCUT2D eigenvalue weighted by atomic mass is 16.6. The van der Waals surface area contributed by atoms with Gasteiger partial charge in [0.25, 0.3) is 0 Å². The van der Waals surface area contributed by atoms with Crippen LogP contribution in [-0.2, 0) is 4.74 Å². The summed E-state index contributed by atoms with van der Waals surface area (Å²) in [7, 11) is 0. The van der Waals surface area contributed by atoms with Gasteiger partial charge in [-0.25, -0.2) is 0 Å². The summed E-state index contributed by atoms with van der Waals surface area (Å²) >= 11 is 0. The predicted octanol–water partition coefficient (Wildman–Crippen LogP) is -3.22. The lowest BCUT2D eigenvalue weighted by Gasteiger charge is -2.37. The molecule has 0 amide bonds. The lowest BCUT2D eigenvalue weighted by atomic mass is 10.2. The smallest absolute Gasteiger partial charge is 0.184 e. The topological polar surface area (TPSA) is 110 Å². The van der Waals surface area contributed by atoms with E-state index in [0.29, 0.717) is 0 Å². The molecule has 1 heterocycles. The fraction of sp³-hybridized carbons (Fsp3) is 1.00. The van der Waals surface area contributed by atoms with Crippen LogP contribution >= 0.6 is 0 Å². The Hall–Kier alpha value is -0.240. The van der Waals surface area contributed by atoms with E-state index in [4.69, 9.17) is 25.5 Å². The number of hydrogen-bond acceptors (Lipinski definition) is 6. The van der Waals surface area contributed by atoms with E-state index < -0.39 is 37.3 Å². The molecule has 0 aliphatic carbocycles. The first-order chi connectivity index (χ1) is 5.57. The molecular formula is C6H12O6. The average molecular weight is 181 g/mol. The van der Waals surface area contributed by atoms with E-state index in [2.05, 4.69) is 4.74 Å². The SMILES string of the molecule is OC[C@H]1OC(O)[C@H](O)[13C@@H](O)[C@@H]1O. The summed E-state index contributed by atoms with van der Waals surface area (Å²) < 4.78 is 4.58. The van der Waals surface area contributed by atoms with Crippen molar-refractivity contribution in [2.75, 3.05) is 6.61 Å². The average Bonchev–Trinajstić information content (AvgIpc) is 2.08. The van der Waals surface area contributed by atoms with Crippen LogP contribution in [0.3, 0.4) is 0 Å². The second-order valence-corrected chi connectivity index (χ2v) is 2.72. The summed E-state index contributed by atoms with van der Waals surface area (Å²) in [5, 5.41) is 44.7. The molecule has 5 N–H and O–H groups in total. The Morgan fingerprint density at radius 3 is 2.00 bits per heavy atom. The van der Waals surface area contributed by atoms with E-state index in [9.17, 15) is 0 Å². The molecule has 0 spiro atoms. The summed E-state index contributed by atoms with van der Waals surface area (Å²) in [5.74, 6) is 0. The monoisotopic (exact) mass is 181 g/mol. The van der Waals surface area contributed by atoms with E-state index in [1.165, 1.54) is 0 Å². The maximum Gasteiger partial charge on any atom is 0.184 e. The van der Waals surface area contributed by atoms with Crippen LogP contribution < -0.4 is 0 Å². The normalized spacial score (nSPS) is 49.2. The van der Waals surface area contributed by atoms with Crippen LogP contribution in [0.25, 0.3) is 0 Å². The molecule has 5 atom stereocenters. The molecule has 0 aromatic carbocycles. The van der Waals surface area contributed by atoms with Crippen LogP contribution in [0.4, 0.5) is 0 Å². The number of rotatable bonds is 1. The fourth-order valence-corrected chi connectivity index (χ4v) is 1.08. The molecule has 6 heteroatoms. The second kappa shape index (κ2) is 3.65. The molecule has 1 unspecified atom stereocenters. The fourth-order valence-electron chi connectivity index (χ4n) is 1.08. The van der Waals surface area contributed by atoms with E-state index in [1.54, 1.807) is 0 Å². The molecule has 0 saturated carbocycles. The van der Waals surface area contributed by atoms with Gasteiger partial charge in [-0.15, -0.1) is 0 Å². The molecule has 1 saturated heterocycles. The van der Waals surface area contributed by atoms with E-state index >= 15 is 0 Å². The summed E-state index contributed by atoms with van der Waals surface area (Å²) in [6.07, 6.45) is -7.04. The molecule has 0 aromatic rings. The lowest BCUT2D eigenvalue weighted by molar-refractivity contribution is -0.286. The van der Waals surface area contributed by atoms with Crippen molar-refractivity contribution in [3.05, 3.63) is 0 Å². The Morgan fingerprint density at radius 2 is 1.50 bits per heavy atom. The van der Waals surface area contributed by atoms with Gasteiger partial charge in [0.1, 0.15) is 24.4 Å². The van der Waals surface area contributed by atoms with Gasteiger partial charge in [-0.3, -0.25) is 0 Å². The van der Waals surface area contributed by atoms with Crippen molar-refractivity contribution in [2.45, 2.75) is 30.7 Å². The van der Waals surface area contributed by atoms with Crippen molar-refractivity contribution < 1.29 is 30.3 Å². The standard InChI is InChI=1S/C6H12O6/c7-1-2-3(8)4(9)5(10)6(11)12-2/h2-11H,1H2/t2-,3-,4+,5-,6?/m1/s1/i4+1. The Kier molecular flexibility index (Phi) is 2.99. The highest BCUT2D eigenvalue weighted by Gasteiger charge is 2.42. The molecule has 6 nitrogen and oxygen atoms in total. The van der Waals surface area contributed by atoms with Gasteiger partial charge in [-0.1, -0.05) is 0 Å². The van der Waals surface area contributed by atoms with E-state index in [-0.39, 0.29) is 0 Å². The molecule has 12 heavy (non-hydrogen) atoms. The van der Waals surface area contributed by atoms with Crippen molar-refractivity contribution in [1.29, 1.82) is 0 Å². The van der Waals surface area contributed by atoms with Crippen molar-refractivity contribution in [3.8, 4) is 0 Å². The Bertz CT molecular complexity index is 146. The van der Waals surface area contributed by atoms with Crippen molar-refractivity contribution in [1.82, 2.24) is 0 Å². The zero-order valence-corrected chi connectivity index (χ0v) is 6.24. The number of aliphatic hydroxyl groups excluding tert-OH is 5. The number of hydrogen-bond donors (Lipinski definition) is 5. The van der Waals surface area contributed by atoms with Crippen LogP contribution in [0, 0.1) is 0 Å². The van der Waals surface area contributed by atoms with Crippen molar-refractivity contribution in [3.63, 3.8) is 0 Å². The highest BCUT2D eigenvalue weighted by Crippen LogP contribution is 2.18. The van der Waals surface area contributed by atoms with Gasteiger partial charge in [-0.05, 0) is 0 Å². The third-order valence-electron chi connectivity index (χ3n) is 1.87. The van der Waals surface area contributed by atoms with Gasteiger partial charge < -0.3 is 30.3 Å². The molecule has 0 radical (unpaired) electrons. The zero-order valence-electron chi connectivity index (χ0n) is 6.24. The van der Waals surface area contributed by atoms with Gasteiger partial charge in [0.2, 0.25) is 0 Å². The highest BCUT2D eigenvalue weighted by molar-refractivity contribution is 4.87. The Morgan fingerprint density at radius 1 is 0.917 bits per heavy atom. The first kappa shape index (κ1) is 9.85. The van der Waals surface area contributed by atoms with Crippen molar-refractivity contribution in [2.24, 2.45) is 0 Å². The van der Waals surface area contributed by atoms with Gasteiger partial charge in [0.15, 0.2) is 6.29 Å². The first-order valence-electron chi connectivity index (χ1n) is 3.56. The minimum Gasteiger partial charge on any atom is -0.394 e. The second-order valence-electron chi connectivity index (χ2n) is 2.72. The molecule has 1 rings (SSSR count). The maximum absolute atomic E-state index is 9.12. The lowest BCUT2D eigenvalue weighted by Crippen LogP contribution is -2.58. The third-order valence-corrected chi connectivity index (χ3v) is 1.87. The molecule has 1 aliphatic heterocycles. The molecule has 72 valence electrons. The summed E-state index contributed by atoms with van der Waals surface area (Å²) in [6, 6.07) is 0. The largest absolute Gasteiger partial charge is 0.394 e.